The quantitative estimate of drug-likeness (QED) is 0.679. The number of nitrogens with one attached hydrogen (secondary N) is 2. The van der Waals surface area contributed by atoms with E-state index in [1.165, 1.54) is 19.4 Å². The van der Waals surface area contributed by atoms with E-state index in [0.29, 0.717) is 22.8 Å². The average molecular weight is 385 g/mol. The van der Waals surface area contributed by atoms with E-state index in [4.69, 9.17) is 4.42 Å². The molecule has 1 aromatic heterocycles. The molecule has 7 nitrogen and oxygen atoms in total. The van der Waals surface area contributed by atoms with Crippen LogP contribution in [0.3, 0.4) is 0 Å². The molecule has 1 heterocycles. The Labute approximate surface area is 157 Å². The third kappa shape index (κ3) is 4.42. The standard InChI is InChI=1S/C19H19N3O4S/c1-13-8-9-15(10-17(13)27(24,25)20-2)21-18(23)11-16-12-26-19(22-16)14-6-4-3-5-7-14/h3-10,12,20H,11H2,1-2H3,(H,21,23). The van der Waals surface area contributed by atoms with Crippen molar-refractivity contribution in [1.82, 2.24) is 9.71 Å². The number of hydrogen-bond donors (Lipinski definition) is 2. The van der Waals surface area contributed by atoms with Crippen molar-refractivity contribution >= 4 is 21.6 Å². The number of benzene rings is 2. The topological polar surface area (TPSA) is 101 Å². The zero-order valence-corrected chi connectivity index (χ0v) is 15.7. The summed E-state index contributed by atoms with van der Waals surface area (Å²) in [6.45, 7) is 1.69. The molecule has 27 heavy (non-hydrogen) atoms. The van der Waals surface area contributed by atoms with Crippen molar-refractivity contribution in [3.63, 3.8) is 0 Å². The van der Waals surface area contributed by atoms with Crippen LogP contribution in [-0.4, -0.2) is 26.4 Å². The minimum absolute atomic E-state index is 0.0122. The summed E-state index contributed by atoms with van der Waals surface area (Å²) in [5.41, 5.74) is 2.30. The van der Waals surface area contributed by atoms with Crippen molar-refractivity contribution in [2.75, 3.05) is 12.4 Å². The molecule has 1 amide bonds. The zero-order chi connectivity index (χ0) is 19.4. The van der Waals surface area contributed by atoms with Gasteiger partial charge < -0.3 is 9.73 Å². The Bertz CT molecular complexity index is 1060. The van der Waals surface area contributed by atoms with E-state index in [2.05, 4.69) is 15.0 Å². The number of anilines is 1. The Morgan fingerprint density at radius 2 is 1.89 bits per heavy atom. The summed E-state index contributed by atoms with van der Waals surface area (Å²) >= 11 is 0. The van der Waals surface area contributed by atoms with Gasteiger partial charge in [0.2, 0.25) is 21.8 Å². The molecule has 3 aromatic rings. The third-order valence-corrected chi connectivity index (χ3v) is 5.50. The van der Waals surface area contributed by atoms with Crippen LogP contribution < -0.4 is 10.0 Å². The van der Waals surface area contributed by atoms with Crippen molar-refractivity contribution in [3.8, 4) is 11.5 Å². The lowest BCUT2D eigenvalue weighted by Gasteiger charge is -2.10. The summed E-state index contributed by atoms with van der Waals surface area (Å²) in [5, 5.41) is 2.69. The highest BCUT2D eigenvalue weighted by molar-refractivity contribution is 7.89. The van der Waals surface area contributed by atoms with Crippen molar-refractivity contribution in [2.24, 2.45) is 0 Å². The van der Waals surface area contributed by atoms with Gasteiger partial charge in [0.1, 0.15) is 6.26 Å². The number of hydrogen-bond acceptors (Lipinski definition) is 5. The van der Waals surface area contributed by atoms with Crippen LogP contribution >= 0.6 is 0 Å². The van der Waals surface area contributed by atoms with E-state index < -0.39 is 10.0 Å². The molecule has 2 N–H and O–H groups in total. The lowest BCUT2D eigenvalue weighted by molar-refractivity contribution is -0.115. The van der Waals surface area contributed by atoms with Gasteiger partial charge in [-0.25, -0.2) is 18.1 Å². The maximum Gasteiger partial charge on any atom is 0.240 e. The first-order valence-electron chi connectivity index (χ1n) is 8.23. The van der Waals surface area contributed by atoms with Crippen molar-refractivity contribution < 1.29 is 17.6 Å². The van der Waals surface area contributed by atoms with Gasteiger partial charge in [0.05, 0.1) is 17.0 Å². The number of aryl methyl sites for hydroxylation is 1. The fourth-order valence-corrected chi connectivity index (χ4v) is 3.54. The van der Waals surface area contributed by atoms with Gasteiger partial charge in [-0.05, 0) is 43.8 Å². The van der Waals surface area contributed by atoms with E-state index >= 15 is 0 Å². The molecule has 0 radical (unpaired) electrons. The van der Waals surface area contributed by atoms with E-state index in [0.717, 1.165) is 5.56 Å². The summed E-state index contributed by atoms with van der Waals surface area (Å²) < 4.78 is 31.8. The largest absolute Gasteiger partial charge is 0.444 e. The molecular weight excluding hydrogens is 366 g/mol. The Balaban J connectivity index is 1.72. The van der Waals surface area contributed by atoms with Crippen LogP contribution in [0.25, 0.3) is 11.5 Å². The summed E-state index contributed by atoms with van der Waals surface area (Å²) in [7, 11) is -2.26. The fraction of sp³-hybridized carbons (Fsp3) is 0.158. The number of nitrogens with zero attached hydrogens (tertiary/aromatic N) is 1. The van der Waals surface area contributed by atoms with Gasteiger partial charge in [0.25, 0.3) is 0 Å². The molecule has 0 fully saturated rings. The Morgan fingerprint density at radius 1 is 1.15 bits per heavy atom. The molecule has 2 aromatic carbocycles. The highest BCUT2D eigenvalue weighted by Gasteiger charge is 2.16. The van der Waals surface area contributed by atoms with Crippen LogP contribution in [0.4, 0.5) is 5.69 Å². The van der Waals surface area contributed by atoms with Crippen LogP contribution in [0, 0.1) is 6.92 Å². The molecule has 0 saturated heterocycles. The first-order chi connectivity index (χ1) is 12.9. The SMILES string of the molecule is CNS(=O)(=O)c1cc(NC(=O)Cc2coc(-c3ccccc3)n2)ccc1C. The second-order valence-electron chi connectivity index (χ2n) is 5.92. The number of rotatable bonds is 6. The van der Waals surface area contributed by atoms with Crippen molar-refractivity contribution in [2.45, 2.75) is 18.2 Å². The molecule has 140 valence electrons. The van der Waals surface area contributed by atoms with Gasteiger partial charge in [-0.1, -0.05) is 24.3 Å². The molecule has 0 spiro atoms. The number of aromatic nitrogens is 1. The predicted octanol–water partition coefficient (Wildman–Crippen LogP) is 2.74. The Kier molecular flexibility index (Phi) is 5.38. The van der Waals surface area contributed by atoms with Gasteiger partial charge in [-0.15, -0.1) is 0 Å². The Hall–Kier alpha value is -2.97. The molecular formula is C19H19N3O4S. The van der Waals surface area contributed by atoms with E-state index in [1.54, 1.807) is 19.1 Å². The molecule has 0 aliphatic rings. The molecule has 0 bridgehead atoms. The summed E-state index contributed by atoms with van der Waals surface area (Å²) in [5.74, 6) is 0.121. The number of sulfonamides is 1. The summed E-state index contributed by atoms with van der Waals surface area (Å²) in [4.78, 5) is 16.7. The molecule has 0 unspecified atom stereocenters. The molecule has 0 aliphatic heterocycles. The minimum atomic E-state index is -3.60. The predicted molar refractivity (Wildman–Crippen MR) is 102 cm³/mol. The fourth-order valence-electron chi connectivity index (χ4n) is 2.55. The van der Waals surface area contributed by atoms with E-state index in [9.17, 15) is 13.2 Å². The maximum atomic E-state index is 12.3. The minimum Gasteiger partial charge on any atom is -0.444 e. The van der Waals surface area contributed by atoms with E-state index in [1.807, 2.05) is 30.3 Å². The van der Waals surface area contributed by atoms with Gasteiger partial charge in [-0.2, -0.15) is 0 Å². The first kappa shape index (κ1) is 18.8. The van der Waals surface area contributed by atoms with Crippen LogP contribution in [0.2, 0.25) is 0 Å². The molecule has 8 heteroatoms. The van der Waals surface area contributed by atoms with Crippen LogP contribution in [-0.2, 0) is 21.2 Å². The number of amides is 1. The molecule has 0 aliphatic carbocycles. The monoisotopic (exact) mass is 385 g/mol. The average Bonchev–Trinajstić information content (AvgIpc) is 3.12. The van der Waals surface area contributed by atoms with Gasteiger partial charge in [0, 0.05) is 11.3 Å². The lowest BCUT2D eigenvalue weighted by atomic mass is 10.2. The Morgan fingerprint density at radius 3 is 2.59 bits per heavy atom. The van der Waals surface area contributed by atoms with Crippen LogP contribution in [0.5, 0.6) is 0 Å². The lowest BCUT2D eigenvalue weighted by Crippen LogP contribution is -2.20. The maximum absolute atomic E-state index is 12.3. The van der Waals surface area contributed by atoms with Crippen LogP contribution in [0.15, 0.2) is 64.1 Å². The summed E-state index contributed by atoms with van der Waals surface area (Å²) in [6.07, 6.45) is 1.45. The zero-order valence-electron chi connectivity index (χ0n) is 14.9. The second kappa shape index (κ2) is 7.73. The molecule has 0 atom stereocenters. The van der Waals surface area contributed by atoms with Crippen LogP contribution in [0.1, 0.15) is 11.3 Å². The van der Waals surface area contributed by atoms with Crippen molar-refractivity contribution in [1.29, 1.82) is 0 Å². The number of carbonyl (C=O) groups is 1. The third-order valence-electron chi connectivity index (χ3n) is 3.94. The van der Waals surface area contributed by atoms with Crippen molar-refractivity contribution in [3.05, 3.63) is 66.1 Å². The molecule has 0 saturated carbocycles. The number of carbonyl (C=O) groups excluding carboxylic acids is 1. The smallest absolute Gasteiger partial charge is 0.240 e. The van der Waals surface area contributed by atoms with Gasteiger partial charge in [0.15, 0.2) is 0 Å². The summed E-state index contributed by atoms with van der Waals surface area (Å²) in [6, 6.07) is 14.1. The highest BCUT2D eigenvalue weighted by atomic mass is 32.2. The van der Waals surface area contributed by atoms with Gasteiger partial charge >= 0.3 is 0 Å². The van der Waals surface area contributed by atoms with Gasteiger partial charge in [-0.3, -0.25) is 4.79 Å². The normalized spacial score (nSPS) is 11.3. The highest BCUT2D eigenvalue weighted by Crippen LogP contribution is 2.21. The van der Waals surface area contributed by atoms with E-state index in [-0.39, 0.29) is 17.2 Å². The molecule has 3 rings (SSSR count). The first-order valence-corrected chi connectivity index (χ1v) is 9.71. The number of oxazole rings is 1. The second-order valence-corrected chi connectivity index (χ2v) is 7.78.